The predicted octanol–water partition coefficient (Wildman–Crippen LogP) is 1.44. The first-order valence-electron chi connectivity index (χ1n) is 9.02. The third-order valence-corrected chi connectivity index (χ3v) is 5.11. The molecule has 1 saturated heterocycles. The standard InChI is InChI=1S/C17H25N7O/c1-13-19-14(2)24(20-13)11-15-9-22-8-5-18-16(22)12-23(10-15)17(25)21-6-3-4-7-21/h5,8,15H,3-4,6-7,9-12H2,1-2H3/t15-/m0/s1. The second-order valence-corrected chi connectivity index (χ2v) is 7.11. The normalized spacial score (nSPS) is 20.6. The summed E-state index contributed by atoms with van der Waals surface area (Å²) < 4.78 is 4.13. The average molecular weight is 343 g/mol. The Balaban J connectivity index is 1.56. The number of amides is 2. The van der Waals surface area contributed by atoms with E-state index in [-0.39, 0.29) is 11.9 Å². The number of aryl methyl sites for hydroxylation is 2. The lowest BCUT2D eigenvalue weighted by Crippen LogP contribution is -2.43. The summed E-state index contributed by atoms with van der Waals surface area (Å²) in [7, 11) is 0. The molecule has 25 heavy (non-hydrogen) atoms. The lowest BCUT2D eigenvalue weighted by atomic mass is 10.1. The second kappa shape index (κ2) is 6.50. The maximum absolute atomic E-state index is 12.9. The van der Waals surface area contributed by atoms with Crippen molar-refractivity contribution in [3.63, 3.8) is 0 Å². The quantitative estimate of drug-likeness (QED) is 0.827. The van der Waals surface area contributed by atoms with Gasteiger partial charge in [0.25, 0.3) is 0 Å². The van der Waals surface area contributed by atoms with Crippen LogP contribution in [0.2, 0.25) is 0 Å². The van der Waals surface area contributed by atoms with Crippen molar-refractivity contribution in [2.75, 3.05) is 19.6 Å². The summed E-state index contributed by atoms with van der Waals surface area (Å²) in [5.41, 5.74) is 0. The van der Waals surface area contributed by atoms with E-state index in [2.05, 4.69) is 19.6 Å². The molecule has 2 amide bonds. The molecule has 2 aliphatic rings. The van der Waals surface area contributed by atoms with Crippen LogP contribution in [0.4, 0.5) is 4.79 Å². The van der Waals surface area contributed by atoms with Crippen LogP contribution >= 0.6 is 0 Å². The molecule has 0 saturated carbocycles. The fourth-order valence-corrected chi connectivity index (χ4v) is 3.89. The number of fused-ring (bicyclic) bond motifs is 1. The molecule has 0 N–H and O–H groups in total. The van der Waals surface area contributed by atoms with Crippen LogP contribution in [0, 0.1) is 19.8 Å². The molecule has 4 heterocycles. The fourth-order valence-electron chi connectivity index (χ4n) is 3.89. The highest BCUT2D eigenvalue weighted by Gasteiger charge is 2.30. The van der Waals surface area contributed by atoms with E-state index in [1.807, 2.05) is 40.7 Å². The average Bonchev–Trinajstić information content (AvgIpc) is 3.28. The van der Waals surface area contributed by atoms with E-state index >= 15 is 0 Å². The van der Waals surface area contributed by atoms with Gasteiger partial charge in [-0.1, -0.05) is 0 Å². The lowest BCUT2D eigenvalue weighted by molar-refractivity contribution is 0.149. The van der Waals surface area contributed by atoms with E-state index in [9.17, 15) is 4.79 Å². The molecule has 0 aromatic carbocycles. The van der Waals surface area contributed by atoms with E-state index in [0.717, 1.165) is 63.0 Å². The minimum atomic E-state index is 0.144. The topological polar surface area (TPSA) is 72.1 Å². The van der Waals surface area contributed by atoms with Crippen molar-refractivity contribution in [3.05, 3.63) is 29.9 Å². The van der Waals surface area contributed by atoms with Gasteiger partial charge in [-0.15, -0.1) is 0 Å². The Labute approximate surface area is 147 Å². The number of urea groups is 1. The molecule has 0 unspecified atom stereocenters. The molecule has 1 atom stereocenters. The van der Waals surface area contributed by atoms with Gasteiger partial charge in [-0.25, -0.2) is 19.4 Å². The highest BCUT2D eigenvalue weighted by atomic mass is 16.2. The first-order chi connectivity index (χ1) is 12.1. The van der Waals surface area contributed by atoms with Crippen LogP contribution in [-0.4, -0.2) is 59.8 Å². The Morgan fingerprint density at radius 2 is 2.00 bits per heavy atom. The molecular weight excluding hydrogens is 318 g/mol. The summed E-state index contributed by atoms with van der Waals surface area (Å²) in [4.78, 5) is 25.7. The Morgan fingerprint density at radius 1 is 1.20 bits per heavy atom. The number of imidazole rings is 1. The van der Waals surface area contributed by atoms with Crippen molar-refractivity contribution in [1.82, 2.24) is 34.1 Å². The SMILES string of the molecule is Cc1nc(C)n(C[C@@H]2CN(C(=O)N3CCCC3)Cc3nccn3C2)n1. The minimum absolute atomic E-state index is 0.144. The van der Waals surface area contributed by atoms with E-state index in [1.54, 1.807) is 0 Å². The number of carbonyl (C=O) groups is 1. The molecule has 0 radical (unpaired) electrons. The zero-order valence-electron chi connectivity index (χ0n) is 14.9. The Hall–Kier alpha value is -2.38. The van der Waals surface area contributed by atoms with Crippen LogP contribution in [0.3, 0.4) is 0 Å². The number of aromatic nitrogens is 5. The maximum Gasteiger partial charge on any atom is 0.320 e. The number of carbonyl (C=O) groups excluding carboxylic acids is 1. The Morgan fingerprint density at radius 3 is 2.72 bits per heavy atom. The number of rotatable bonds is 2. The summed E-state index contributed by atoms with van der Waals surface area (Å²) in [6, 6.07) is 0.144. The molecule has 134 valence electrons. The van der Waals surface area contributed by atoms with Gasteiger partial charge >= 0.3 is 6.03 Å². The lowest BCUT2D eigenvalue weighted by Gasteiger charge is -2.28. The maximum atomic E-state index is 12.9. The van der Waals surface area contributed by atoms with Gasteiger partial charge in [0.2, 0.25) is 0 Å². The zero-order valence-corrected chi connectivity index (χ0v) is 14.9. The van der Waals surface area contributed by atoms with E-state index in [0.29, 0.717) is 6.54 Å². The molecule has 4 rings (SSSR count). The van der Waals surface area contributed by atoms with Crippen LogP contribution in [0.1, 0.15) is 30.3 Å². The van der Waals surface area contributed by atoms with Gasteiger partial charge in [0.05, 0.1) is 6.54 Å². The molecule has 2 aromatic heterocycles. The van der Waals surface area contributed by atoms with Crippen LogP contribution < -0.4 is 0 Å². The third-order valence-electron chi connectivity index (χ3n) is 5.11. The first kappa shape index (κ1) is 16.1. The largest absolute Gasteiger partial charge is 0.333 e. The van der Waals surface area contributed by atoms with Gasteiger partial charge in [-0.2, -0.15) is 5.10 Å². The molecular formula is C17H25N7O. The van der Waals surface area contributed by atoms with Crippen LogP contribution in [0.25, 0.3) is 0 Å². The van der Waals surface area contributed by atoms with Crippen molar-refractivity contribution in [1.29, 1.82) is 0 Å². The molecule has 2 aliphatic heterocycles. The van der Waals surface area contributed by atoms with Crippen molar-refractivity contribution < 1.29 is 4.79 Å². The summed E-state index contributed by atoms with van der Waals surface area (Å²) in [5.74, 6) is 2.95. The summed E-state index contributed by atoms with van der Waals surface area (Å²) >= 11 is 0. The highest BCUT2D eigenvalue weighted by Crippen LogP contribution is 2.20. The number of hydrogen-bond donors (Lipinski definition) is 0. The first-order valence-corrected chi connectivity index (χ1v) is 9.02. The summed E-state index contributed by atoms with van der Waals surface area (Å²) in [5, 5.41) is 4.49. The van der Waals surface area contributed by atoms with Crippen molar-refractivity contribution in [2.24, 2.45) is 5.92 Å². The van der Waals surface area contributed by atoms with Gasteiger partial charge in [0.1, 0.15) is 17.5 Å². The monoisotopic (exact) mass is 343 g/mol. The fraction of sp³-hybridized carbons (Fsp3) is 0.647. The molecule has 1 fully saturated rings. The van der Waals surface area contributed by atoms with Gasteiger partial charge in [0, 0.05) is 51.0 Å². The highest BCUT2D eigenvalue weighted by molar-refractivity contribution is 5.74. The Bertz CT molecular complexity index is 759. The molecule has 2 aromatic rings. The van der Waals surface area contributed by atoms with E-state index in [4.69, 9.17) is 0 Å². The summed E-state index contributed by atoms with van der Waals surface area (Å²) in [6.07, 6.45) is 6.04. The Kier molecular flexibility index (Phi) is 4.19. The number of likely N-dealkylation sites (tertiary alicyclic amines) is 1. The predicted molar refractivity (Wildman–Crippen MR) is 91.8 cm³/mol. The third kappa shape index (κ3) is 3.25. The molecule has 0 aliphatic carbocycles. The minimum Gasteiger partial charge on any atom is -0.333 e. The van der Waals surface area contributed by atoms with Crippen molar-refractivity contribution in [2.45, 2.75) is 46.3 Å². The molecule has 8 nitrogen and oxygen atoms in total. The number of hydrogen-bond acceptors (Lipinski definition) is 4. The summed E-state index contributed by atoms with van der Waals surface area (Å²) in [6.45, 7) is 8.53. The van der Waals surface area contributed by atoms with Crippen LogP contribution in [-0.2, 0) is 19.6 Å². The van der Waals surface area contributed by atoms with Crippen LogP contribution in [0.5, 0.6) is 0 Å². The number of nitrogens with zero attached hydrogens (tertiary/aromatic N) is 7. The zero-order chi connectivity index (χ0) is 17.4. The second-order valence-electron chi connectivity index (χ2n) is 7.11. The van der Waals surface area contributed by atoms with Crippen molar-refractivity contribution >= 4 is 6.03 Å². The molecule has 8 heteroatoms. The van der Waals surface area contributed by atoms with Crippen LogP contribution in [0.15, 0.2) is 12.4 Å². The van der Waals surface area contributed by atoms with Crippen molar-refractivity contribution in [3.8, 4) is 0 Å². The van der Waals surface area contributed by atoms with E-state index in [1.165, 1.54) is 0 Å². The van der Waals surface area contributed by atoms with Gasteiger partial charge in [-0.3, -0.25) is 0 Å². The van der Waals surface area contributed by atoms with Gasteiger partial charge in [0.15, 0.2) is 0 Å². The smallest absolute Gasteiger partial charge is 0.320 e. The van der Waals surface area contributed by atoms with Gasteiger partial charge < -0.3 is 14.4 Å². The van der Waals surface area contributed by atoms with Gasteiger partial charge in [-0.05, 0) is 26.7 Å². The van der Waals surface area contributed by atoms with E-state index < -0.39 is 0 Å². The molecule has 0 spiro atoms. The molecule has 0 bridgehead atoms.